The minimum atomic E-state index is -3.06. The second kappa shape index (κ2) is 5.96. The molecular formula is C14H12ClNO3S3. The van der Waals surface area contributed by atoms with Crippen LogP contribution in [-0.2, 0) is 14.6 Å². The average Bonchev–Trinajstić information content (AvgIpc) is 2.90. The van der Waals surface area contributed by atoms with E-state index < -0.39 is 9.84 Å². The predicted molar refractivity (Wildman–Crippen MR) is 93.5 cm³/mol. The highest BCUT2D eigenvalue weighted by atomic mass is 35.5. The zero-order valence-corrected chi connectivity index (χ0v) is 14.6. The molecule has 8 heteroatoms. The molecule has 1 atom stereocenters. The molecule has 1 aromatic rings. The Morgan fingerprint density at radius 3 is 2.82 bits per heavy atom. The fourth-order valence-corrected chi connectivity index (χ4v) is 5.82. The van der Waals surface area contributed by atoms with E-state index in [-0.39, 0.29) is 23.5 Å². The van der Waals surface area contributed by atoms with Crippen molar-refractivity contribution in [1.82, 2.24) is 4.90 Å². The fraction of sp³-hybridized carbons (Fsp3) is 0.286. The molecule has 0 spiro atoms. The highest BCUT2D eigenvalue weighted by molar-refractivity contribution is 8.26. The summed E-state index contributed by atoms with van der Waals surface area (Å²) in [4.78, 5) is 14.5. The van der Waals surface area contributed by atoms with Crippen molar-refractivity contribution in [2.24, 2.45) is 0 Å². The summed E-state index contributed by atoms with van der Waals surface area (Å²) in [6, 6.07) is 6.82. The van der Waals surface area contributed by atoms with Gasteiger partial charge in [-0.15, -0.1) is 0 Å². The summed E-state index contributed by atoms with van der Waals surface area (Å²) in [5, 5.41) is 0.589. The number of sulfone groups is 1. The number of amides is 1. The number of carbonyl (C=O) groups is 1. The molecule has 0 aliphatic carbocycles. The van der Waals surface area contributed by atoms with E-state index in [1.807, 2.05) is 6.07 Å². The Balaban J connectivity index is 1.86. The first kappa shape index (κ1) is 16.0. The van der Waals surface area contributed by atoms with Gasteiger partial charge in [0.25, 0.3) is 5.91 Å². The standard InChI is InChI=1S/C14H12ClNO3S3/c15-10-3-1-2-9(6-10)7-12-13(17)16(14(20)21-12)11-4-5-22(18,19)8-11/h1-3,6-7,11H,4-5,8H2/b12-7+/t11-/m0/s1. The maximum absolute atomic E-state index is 12.5. The molecule has 4 nitrogen and oxygen atoms in total. The summed E-state index contributed by atoms with van der Waals surface area (Å²) in [5.74, 6) is -0.122. The minimum absolute atomic E-state index is 0.0100. The number of halogens is 1. The van der Waals surface area contributed by atoms with Crippen molar-refractivity contribution in [3.05, 3.63) is 39.8 Å². The van der Waals surface area contributed by atoms with E-state index in [9.17, 15) is 13.2 Å². The normalized spacial score (nSPS) is 26.1. The van der Waals surface area contributed by atoms with Crippen LogP contribution in [0.3, 0.4) is 0 Å². The van der Waals surface area contributed by atoms with Gasteiger partial charge in [0, 0.05) is 5.02 Å². The molecule has 0 radical (unpaired) electrons. The number of hydrogen-bond donors (Lipinski definition) is 0. The summed E-state index contributed by atoms with van der Waals surface area (Å²) in [6.45, 7) is 0. The second-order valence-electron chi connectivity index (χ2n) is 5.16. The van der Waals surface area contributed by atoms with Crippen molar-refractivity contribution < 1.29 is 13.2 Å². The molecule has 1 amide bonds. The largest absolute Gasteiger partial charge is 0.289 e. The van der Waals surface area contributed by atoms with Crippen molar-refractivity contribution >= 4 is 61.7 Å². The number of carbonyl (C=O) groups excluding carboxylic acids is 1. The monoisotopic (exact) mass is 373 g/mol. The first-order valence-electron chi connectivity index (χ1n) is 6.59. The molecule has 2 aliphatic rings. The highest BCUT2D eigenvalue weighted by Crippen LogP contribution is 2.36. The highest BCUT2D eigenvalue weighted by Gasteiger charge is 2.42. The van der Waals surface area contributed by atoms with Gasteiger partial charge in [0.15, 0.2) is 9.84 Å². The molecule has 0 aromatic heterocycles. The number of rotatable bonds is 2. The maximum atomic E-state index is 12.5. The smallest absolute Gasteiger partial charge is 0.266 e. The van der Waals surface area contributed by atoms with Crippen LogP contribution in [0.25, 0.3) is 6.08 Å². The molecule has 2 aliphatic heterocycles. The lowest BCUT2D eigenvalue weighted by Gasteiger charge is -2.20. The summed E-state index contributed by atoms with van der Waals surface area (Å²) in [5.41, 5.74) is 0.812. The third-order valence-electron chi connectivity index (χ3n) is 3.54. The average molecular weight is 374 g/mol. The molecule has 3 rings (SSSR count). The van der Waals surface area contributed by atoms with Crippen LogP contribution in [0.1, 0.15) is 12.0 Å². The van der Waals surface area contributed by atoms with Gasteiger partial charge in [0.05, 0.1) is 22.5 Å². The van der Waals surface area contributed by atoms with Crippen molar-refractivity contribution in [2.45, 2.75) is 12.5 Å². The number of thioether (sulfide) groups is 1. The molecule has 2 fully saturated rings. The van der Waals surface area contributed by atoms with Crippen LogP contribution >= 0.6 is 35.6 Å². The van der Waals surface area contributed by atoms with Gasteiger partial charge in [0.2, 0.25) is 0 Å². The minimum Gasteiger partial charge on any atom is -0.289 e. The van der Waals surface area contributed by atoms with Crippen LogP contribution in [0.4, 0.5) is 0 Å². The first-order valence-corrected chi connectivity index (χ1v) is 10.0. The van der Waals surface area contributed by atoms with Crippen LogP contribution < -0.4 is 0 Å². The van der Waals surface area contributed by atoms with E-state index >= 15 is 0 Å². The molecular weight excluding hydrogens is 362 g/mol. The van der Waals surface area contributed by atoms with Gasteiger partial charge in [-0.2, -0.15) is 0 Å². The molecule has 0 bridgehead atoms. The molecule has 0 N–H and O–H groups in total. The number of benzene rings is 1. The Kier molecular flexibility index (Phi) is 4.33. The quantitative estimate of drug-likeness (QED) is 0.589. The Bertz CT molecular complexity index is 788. The lowest BCUT2D eigenvalue weighted by molar-refractivity contribution is -0.123. The Hall–Kier alpha value is -0.890. The molecule has 0 unspecified atom stereocenters. The number of hydrogen-bond acceptors (Lipinski definition) is 5. The lowest BCUT2D eigenvalue weighted by atomic mass is 10.2. The van der Waals surface area contributed by atoms with Gasteiger partial charge in [-0.25, -0.2) is 8.42 Å². The van der Waals surface area contributed by atoms with E-state index in [0.717, 1.165) is 5.56 Å². The maximum Gasteiger partial charge on any atom is 0.266 e. The third-order valence-corrected chi connectivity index (χ3v) is 6.86. The summed E-state index contributed by atoms with van der Waals surface area (Å²) < 4.78 is 23.6. The van der Waals surface area contributed by atoms with Crippen molar-refractivity contribution in [1.29, 1.82) is 0 Å². The Labute approximate surface area is 143 Å². The van der Waals surface area contributed by atoms with Crippen molar-refractivity contribution in [2.75, 3.05) is 11.5 Å². The fourth-order valence-electron chi connectivity index (χ4n) is 2.52. The van der Waals surface area contributed by atoms with E-state index in [1.165, 1.54) is 16.7 Å². The van der Waals surface area contributed by atoms with Crippen LogP contribution in [0.15, 0.2) is 29.2 Å². The Morgan fingerprint density at radius 1 is 1.41 bits per heavy atom. The van der Waals surface area contributed by atoms with Crippen LogP contribution in [0.5, 0.6) is 0 Å². The van der Waals surface area contributed by atoms with Crippen molar-refractivity contribution in [3.8, 4) is 0 Å². The van der Waals surface area contributed by atoms with E-state index in [1.54, 1.807) is 24.3 Å². The van der Waals surface area contributed by atoms with Crippen LogP contribution in [-0.4, -0.2) is 41.1 Å². The van der Waals surface area contributed by atoms with Gasteiger partial charge < -0.3 is 0 Å². The first-order chi connectivity index (χ1) is 10.4. The van der Waals surface area contributed by atoms with Gasteiger partial charge in [-0.3, -0.25) is 9.69 Å². The van der Waals surface area contributed by atoms with E-state index in [4.69, 9.17) is 23.8 Å². The van der Waals surface area contributed by atoms with Gasteiger partial charge in [-0.1, -0.05) is 47.7 Å². The van der Waals surface area contributed by atoms with Gasteiger partial charge in [-0.05, 0) is 30.2 Å². The number of thiocarbonyl (C=S) groups is 1. The zero-order valence-electron chi connectivity index (χ0n) is 11.4. The topological polar surface area (TPSA) is 54.5 Å². The zero-order chi connectivity index (χ0) is 15.9. The van der Waals surface area contributed by atoms with Crippen LogP contribution in [0.2, 0.25) is 5.02 Å². The molecule has 22 heavy (non-hydrogen) atoms. The van der Waals surface area contributed by atoms with Gasteiger partial charge in [0.1, 0.15) is 4.32 Å². The molecule has 0 saturated carbocycles. The second-order valence-corrected chi connectivity index (χ2v) is 9.50. The molecule has 116 valence electrons. The van der Waals surface area contributed by atoms with E-state index in [2.05, 4.69) is 0 Å². The number of nitrogens with zero attached hydrogens (tertiary/aromatic N) is 1. The van der Waals surface area contributed by atoms with Crippen molar-refractivity contribution in [3.63, 3.8) is 0 Å². The third kappa shape index (κ3) is 3.22. The predicted octanol–water partition coefficient (Wildman–Crippen LogP) is 2.73. The van der Waals surface area contributed by atoms with Gasteiger partial charge >= 0.3 is 0 Å². The summed E-state index contributed by atoms with van der Waals surface area (Å²) in [7, 11) is -3.06. The summed E-state index contributed by atoms with van der Waals surface area (Å²) >= 11 is 12.4. The van der Waals surface area contributed by atoms with E-state index in [0.29, 0.717) is 20.7 Å². The summed E-state index contributed by atoms with van der Waals surface area (Å²) in [6.07, 6.45) is 2.17. The Morgan fingerprint density at radius 2 is 2.18 bits per heavy atom. The van der Waals surface area contributed by atoms with Crippen LogP contribution in [0, 0.1) is 0 Å². The SMILES string of the molecule is O=C1/C(=C\c2cccc(Cl)c2)SC(=S)N1[C@H]1CCS(=O)(=O)C1. The molecule has 1 aromatic carbocycles. The lowest BCUT2D eigenvalue weighted by Crippen LogP contribution is -2.39. The molecule has 2 heterocycles. The molecule has 2 saturated heterocycles.